The van der Waals surface area contributed by atoms with Gasteiger partial charge in [0.1, 0.15) is 17.8 Å². The van der Waals surface area contributed by atoms with Crippen molar-refractivity contribution < 1.29 is 41.9 Å². The zero-order chi connectivity index (χ0) is 27.1. The Bertz CT molecular complexity index is 1190. The molecule has 0 heterocycles. The van der Waals surface area contributed by atoms with Crippen LogP contribution in [0.2, 0.25) is 0 Å². The number of amides is 1. The number of carbonyl (C=O) groups is 1. The second-order valence-corrected chi connectivity index (χ2v) is 9.71. The molecule has 1 saturated carbocycles. The smallest absolute Gasteiger partial charge is 0.475 e. The Labute approximate surface area is 241 Å². The molecule has 0 saturated heterocycles. The van der Waals surface area contributed by atoms with Crippen LogP contribution in [0.5, 0.6) is 0 Å². The molecule has 0 unspecified atom stereocenters. The number of hydrogen-bond donors (Lipinski definition) is 4. The van der Waals surface area contributed by atoms with E-state index < -0.39 is 35.9 Å². The van der Waals surface area contributed by atoms with Gasteiger partial charge in [-0.1, -0.05) is 34.5 Å². The van der Waals surface area contributed by atoms with Crippen LogP contribution in [0.1, 0.15) is 46.8 Å². The Morgan fingerprint density at radius 3 is 2.68 bits per heavy atom. The van der Waals surface area contributed by atoms with E-state index in [1.807, 2.05) is 0 Å². The number of aliphatic imine (C=N–C) groups is 1. The maximum Gasteiger partial charge on any atom is 1.00 e. The molecule has 0 aliphatic heterocycles. The predicted octanol–water partition coefficient (Wildman–Crippen LogP) is 1.41. The maximum absolute atomic E-state index is 14.9. The van der Waals surface area contributed by atoms with Crippen LogP contribution in [0, 0.1) is 30.2 Å². The number of nitrogens with zero attached hydrogens (tertiary/aromatic N) is 1. The Morgan fingerprint density at radius 2 is 2.05 bits per heavy atom. The van der Waals surface area contributed by atoms with E-state index in [4.69, 9.17) is 12.3 Å². The molecule has 11 heteroatoms. The largest absolute Gasteiger partial charge is 1.00 e. The van der Waals surface area contributed by atoms with Crippen molar-refractivity contribution in [2.24, 2.45) is 16.6 Å². The topological polar surface area (TPSA) is 99.7 Å². The van der Waals surface area contributed by atoms with Crippen molar-refractivity contribution in [1.29, 1.82) is 0 Å². The standard InChI is InChI=1S/C27H28BrF3N4O2.Li/c1-15(26(32)34-8-7-16-3-6-25(36)23(31)9-16)17-4-5-21(22(30)12-17)27(37)35-24(14-33-2)18-10-19(28)13-20(29)11-18;/h1,4-5,8,10-13,16,23-25,33,36H,3,6,9,14H2,2H3,(H2,32,34)(H,35,37);/q-2;+1/t16-,23+,24-,25+;/m1./s1. The van der Waals surface area contributed by atoms with Gasteiger partial charge < -0.3 is 32.5 Å². The zero-order valence-electron chi connectivity index (χ0n) is 21.1. The first kappa shape index (κ1) is 31.9. The number of nitrogens with two attached hydrogens (primary N) is 1. The van der Waals surface area contributed by atoms with Crippen LogP contribution in [0.3, 0.4) is 0 Å². The van der Waals surface area contributed by atoms with Crippen molar-refractivity contribution in [3.63, 3.8) is 0 Å². The third-order valence-electron chi connectivity index (χ3n) is 6.05. The molecule has 2 aromatic rings. The number of amidine groups is 1. The summed E-state index contributed by atoms with van der Waals surface area (Å²) < 4.78 is 42.9. The molecule has 6 nitrogen and oxygen atoms in total. The summed E-state index contributed by atoms with van der Waals surface area (Å²) in [5.74, 6) is -2.29. The normalized spacial score (nSPS) is 20.6. The van der Waals surface area contributed by atoms with E-state index in [0.29, 0.717) is 22.9 Å². The number of aliphatic hydroxyl groups is 1. The fourth-order valence-corrected chi connectivity index (χ4v) is 4.50. The summed E-state index contributed by atoms with van der Waals surface area (Å²) in [5.41, 5.74) is 6.40. The third-order valence-corrected chi connectivity index (χ3v) is 6.51. The number of rotatable bonds is 9. The molecule has 5 N–H and O–H groups in total. The van der Waals surface area contributed by atoms with Gasteiger partial charge in [-0.2, -0.15) is 17.7 Å². The summed E-state index contributed by atoms with van der Waals surface area (Å²) in [6.07, 6.45) is 3.03. The number of halogens is 4. The quantitative estimate of drug-likeness (QED) is 0.155. The third kappa shape index (κ3) is 8.58. The van der Waals surface area contributed by atoms with Gasteiger partial charge >= 0.3 is 18.9 Å². The van der Waals surface area contributed by atoms with Crippen molar-refractivity contribution in [3.05, 3.63) is 88.1 Å². The molecule has 0 spiro atoms. The number of nitrogens with one attached hydrogen (secondary N) is 2. The Kier molecular flexibility index (Phi) is 12.3. The van der Waals surface area contributed by atoms with E-state index in [2.05, 4.69) is 37.6 Å². The van der Waals surface area contributed by atoms with Crippen molar-refractivity contribution >= 4 is 33.2 Å². The summed E-state index contributed by atoms with van der Waals surface area (Å²) in [6, 6.07) is 7.42. The minimum absolute atomic E-state index is 0. The molecule has 2 aromatic carbocycles. The maximum atomic E-state index is 14.9. The van der Waals surface area contributed by atoms with Gasteiger partial charge in [-0.05, 0) is 43.7 Å². The zero-order valence-corrected chi connectivity index (χ0v) is 22.7. The van der Waals surface area contributed by atoms with Crippen LogP contribution < -0.4 is 35.2 Å². The van der Waals surface area contributed by atoms with Crippen LogP contribution in [0.25, 0.3) is 5.57 Å². The van der Waals surface area contributed by atoms with E-state index in [1.165, 1.54) is 30.5 Å². The van der Waals surface area contributed by atoms with Crippen LogP contribution in [0.15, 0.2) is 52.1 Å². The number of aliphatic hydroxyl groups excluding tert-OH is 1. The van der Waals surface area contributed by atoms with Crippen LogP contribution in [-0.2, 0) is 0 Å². The summed E-state index contributed by atoms with van der Waals surface area (Å²) >= 11 is 3.23. The van der Waals surface area contributed by atoms with Gasteiger partial charge in [0.2, 0.25) is 0 Å². The molecule has 1 aliphatic carbocycles. The van der Waals surface area contributed by atoms with Crippen molar-refractivity contribution in [3.8, 4) is 0 Å². The minimum Gasteiger partial charge on any atom is -0.475 e. The molecule has 3 rings (SSSR count). The van der Waals surface area contributed by atoms with Crippen molar-refractivity contribution in [1.82, 2.24) is 10.6 Å². The molecule has 4 atom stereocenters. The molecule has 198 valence electrons. The summed E-state index contributed by atoms with van der Waals surface area (Å²) in [6.45, 7) is 6.31. The summed E-state index contributed by atoms with van der Waals surface area (Å²) in [5, 5.41) is 15.1. The average Bonchev–Trinajstić information content (AvgIpc) is 2.84. The molecule has 1 aliphatic rings. The fraction of sp³-hybridized carbons (Fsp3) is 0.333. The number of likely N-dealkylation sites (N-methyl/N-ethyl adjacent to an activating group) is 1. The molecule has 38 heavy (non-hydrogen) atoms. The van der Waals surface area contributed by atoms with E-state index in [-0.39, 0.29) is 60.3 Å². The van der Waals surface area contributed by atoms with E-state index in [1.54, 1.807) is 13.1 Å². The minimum atomic E-state index is -1.31. The molecular weight excluding hydrogens is 556 g/mol. The summed E-state index contributed by atoms with van der Waals surface area (Å²) in [4.78, 5) is 16.8. The second kappa shape index (κ2) is 14.7. The number of benzene rings is 2. The Hall–Kier alpha value is -2.35. The first-order chi connectivity index (χ1) is 17.6. The van der Waals surface area contributed by atoms with Gasteiger partial charge in [0.25, 0.3) is 5.91 Å². The second-order valence-electron chi connectivity index (χ2n) is 8.80. The molecule has 0 bridgehead atoms. The van der Waals surface area contributed by atoms with Gasteiger partial charge in [0.05, 0.1) is 17.7 Å². The van der Waals surface area contributed by atoms with E-state index >= 15 is 0 Å². The number of alkyl halides is 1. The fourth-order valence-electron chi connectivity index (χ4n) is 4.02. The molecule has 0 aromatic heterocycles. The Morgan fingerprint density at radius 1 is 1.32 bits per heavy atom. The number of allylic oxidation sites excluding steroid dienone is 1. The SMILES string of the molecule is [CH-]=C(C(N)=NC=[C-][C@H]1CC[C@H](O)[C@@H](F)C1)c1ccc(C(=O)N[C@H](CNC)c2cc(F)cc(Br)c2)c(F)c1.[Li+]. The first-order valence-electron chi connectivity index (χ1n) is 11.7. The van der Waals surface area contributed by atoms with Gasteiger partial charge in [-0.3, -0.25) is 4.79 Å². The van der Waals surface area contributed by atoms with E-state index in [9.17, 15) is 23.1 Å². The van der Waals surface area contributed by atoms with Gasteiger partial charge in [-0.25, -0.2) is 19.8 Å². The first-order valence-corrected chi connectivity index (χ1v) is 12.5. The average molecular weight is 584 g/mol. The molecule has 1 amide bonds. The van der Waals surface area contributed by atoms with Crippen molar-refractivity contribution in [2.45, 2.75) is 37.6 Å². The molecule has 1 fully saturated rings. The van der Waals surface area contributed by atoms with Crippen LogP contribution in [-0.4, -0.2) is 42.7 Å². The number of carbonyl (C=O) groups excluding carboxylic acids is 1. The van der Waals surface area contributed by atoms with Crippen LogP contribution in [0.4, 0.5) is 13.2 Å². The van der Waals surface area contributed by atoms with Crippen molar-refractivity contribution in [2.75, 3.05) is 13.6 Å². The molecule has 0 radical (unpaired) electrons. The summed E-state index contributed by atoms with van der Waals surface area (Å²) in [7, 11) is 1.68. The molecular formula is C27H28BrF3LiN4O2-. The Balaban J connectivity index is 0.00000507. The van der Waals surface area contributed by atoms with E-state index in [0.717, 1.165) is 6.07 Å². The van der Waals surface area contributed by atoms with Gasteiger partial charge in [-0.15, -0.1) is 11.6 Å². The van der Waals surface area contributed by atoms with Gasteiger partial charge in [0, 0.05) is 16.9 Å². The van der Waals surface area contributed by atoms with Gasteiger partial charge in [0.15, 0.2) is 0 Å². The monoisotopic (exact) mass is 583 g/mol. The number of hydrogen-bond acceptors (Lipinski definition) is 4. The van der Waals surface area contributed by atoms with Crippen LogP contribution >= 0.6 is 15.9 Å². The predicted molar refractivity (Wildman–Crippen MR) is 140 cm³/mol.